The van der Waals surface area contributed by atoms with Crippen molar-refractivity contribution in [3.05, 3.63) is 47.8 Å². The Morgan fingerprint density at radius 1 is 1.17 bits per heavy atom. The number of hydrogen-bond acceptors (Lipinski definition) is 5. The number of amides is 2. The van der Waals surface area contributed by atoms with Crippen LogP contribution in [-0.4, -0.2) is 39.6 Å². The average molecular weight is 395 g/mol. The lowest BCUT2D eigenvalue weighted by Crippen LogP contribution is -2.41. The molecule has 8 nitrogen and oxygen atoms in total. The number of aromatic amines is 1. The molecule has 1 fully saturated rings. The number of carbonyl (C=O) groups is 2. The second-order valence-electron chi connectivity index (χ2n) is 7.55. The molecule has 3 aromatic rings. The molecule has 0 spiro atoms. The molecule has 0 atom stereocenters. The molecule has 1 aliphatic rings. The second kappa shape index (κ2) is 8.46. The number of nitrogens with zero attached hydrogens (tertiary/aromatic N) is 2. The van der Waals surface area contributed by atoms with Gasteiger partial charge in [0.15, 0.2) is 0 Å². The van der Waals surface area contributed by atoms with E-state index in [2.05, 4.69) is 31.9 Å². The number of nitrogens with one attached hydrogen (secondary N) is 3. The highest BCUT2D eigenvalue weighted by Gasteiger charge is 2.28. The normalized spacial score (nSPS) is 19.2. The number of benzene rings is 1. The van der Waals surface area contributed by atoms with Crippen molar-refractivity contribution in [2.75, 3.05) is 6.54 Å². The smallest absolute Gasteiger partial charge is 0.309 e. The number of aryl methyl sites for hydroxylation is 1. The van der Waals surface area contributed by atoms with Crippen LogP contribution in [0.4, 0.5) is 0 Å². The zero-order valence-electron chi connectivity index (χ0n) is 16.4. The Balaban J connectivity index is 1.20. The van der Waals surface area contributed by atoms with Gasteiger partial charge in [0.05, 0.1) is 0 Å². The highest BCUT2D eigenvalue weighted by atomic mass is 16.4. The van der Waals surface area contributed by atoms with Crippen molar-refractivity contribution in [1.29, 1.82) is 0 Å². The Bertz CT molecular complexity index is 1000. The zero-order valence-corrected chi connectivity index (χ0v) is 16.4. The van der Waals surface area contributed by atoms with Crippen molar-refractivity contribution in [2.24, 2.45) is 5.92 Å². The van der Waals surface area contributed by atoms with Gasteiger partial charge in [-0.2, -0.15) is 0 Å². The van der Waals surface area contributed by atoms with Gasteiger partial charge in [-0.05, 0) is 43.7 Å². The van der Waals surface area contributed by atoms with Crippen molar-refractivity contribution in [3.63, 3.8) is 0 Å². The first-order valence-corrected chi connectivity index (χ1v) is 10.0. The van der Waals surface area contributed by atoms with Crippen molar-refractivity contribution in [1.82, 2.24) is 25.8 Å². The molecule has 1 aromatic carbocycles. The maximum atomic E-state index is 12.5. The number of rotatable bonds is 6. The molecule has 8 heteroatoms. The Labute approximate surface area is 168 Å². The van der Waals surface area contributed by atoms with Gasteiger partial charge in [-0.25, -0.2) is 0 Å². The minimum Gasteiger partial charge on any atom is -0.417 e. The molecular weight excluding hydrogens is 370 g/mol. The van der Waals surface area contributed by atoms with Crippen LogP contribution in [0.5, 0.6) is 0 Å². The maximum Gasteiger partial charge on any atom is 0.309 e. The highest BCUT2D eigenvalue weighted by Crippen LogP contribution is 2.25. The van der Waals surface area contributed by atoms with Gasteiger partial charge in [0.25, 0.3) is 0 Å². The van der Waals surface area contributed by atoms with Crippen LogP contribution in [0.25, 0.3) is 10.9 Å². The molecule has 2 amide bonds. The largest absolute Gasteiger partial charge is 0.417 e. The molecule has 4 rings (SSSR count). The third-order valence-corrected chi connectivity index (χ3v) is 5.52. The van der Waals surface area contributed by atoms with Gasteiger partial charge < -0.3 is 20.0 Å². The molecule has 0 unspecified atom stereocenters. The van der Waals surface area contributed by atoms with E-state index < -0.39 is 0 Å². The summed E-state index contributed by atoms with van der Waals surface area (Å²) in [5, 5.41) is 14.6. The molecule has 1 saturated carbocycles. The summed E-state index contributed by atoms with van der Waals surface area (Å²) in [5.74, 6) is 0.0963. The summed E-state index contributed by atoms with van der Waals surface area (Å²) in [6, 6.07) is 8.20. The Morgan fingerprint density at radius 2 is 1.97 bits per heavy atom. The predicted molar refractivity (Wildman–Crippen MR) is 107 cm³/mol. The number of H-pyrrole nitrogens is 1. The molecule has 0 aliphatic heterocycles. The SMILES string of the molecule is Cc1nnc(C(=O)NC2CCC(C(=O)NCCc3c[nH]c4ccccc34)CC2)o1. The van der Waals surface area contributed by atoms with E-state index >= 15 is 0 Å². The third kappa shape index (κ3) is 4.47. The molecule has 2 heterocycles. The Morgan fingerprint density at radius 3 is 2.72 bits per heavy atom. The van der Waals surface area contributed by atoms with Crippen molar-refractivity contribution >= 4 is 22.7 Å². The monoisotopic (exact) mass is 395 g/mol. The van der Waals surface area contributed by atoms with Crippen molar-refractivity contribution in [3.8, 4) is 0 Å². The van der Waals surface area contributed by atoms with Crippen molar-refractivity contribution in [2.45, 2.75) is 45.1 Å². The van der Waals surface area contributed by atoms with E-state index in [4.69, 9.17) is 4.42 Å². The topological polar surface area (TPSA) is 113 Å². The van der Waals surface area contributed by atoms with Gasteiger partial charge in [0.2, 0.25) is 11.8 Å². The van der Waals surface area contributed by atoms with Crippen LogP contribution < -0.4 is 10.6 Å². The summed E-state index contributed by atoms with van der Waals surface area (Å²) in [6.45, 7) is 2.26. The number of fused-ring (bicyclic) bond motifs is 1. The summed E-state index contributed by atoms with van der Waals surface area (Å²) in [4.78, 5) is 27.9. The van der Waals surface area contributed by atoms with Crippen LogP contribution in [0.2, 0.25) is 0 Å². The highest BCUT2D eigenvalue weighted by molar-refractivity contribution is 5.89. The molecule has 1 aliphatic carbocycles. The fourth-order valence-electron chi connectivity index (χ4n) is 3.94. The average Bonchev–Trinajstić information content (AvgIpc) is 3.35. The maximum absolute atomic E-state index is 12.5. The van der Waals surface area contributed by atoms with E-state index in [0.29, 0.717) is 12.4 Å². The van der Waals surface area contributed by atoms with Gasteiger partial charge in [0.1, 0.15) is 0 Å². The summed E-state index contributed by atoms with van der Waals surface area (Å²) in [5.41, 5.74) is 2.33. The van der Waals surface area contributed by atoms with E-state index in [-0.39, 0.29) is 29.7 Å². The van der Waals surface area contributed by atoms with E-state index in [1.807, 2.05) is 24.4 Å². The number of para-hydroxylation sites is 1. The van der Waals surface area contributed by atoms with Gasteiger partial charge in [-0.3, -0.25) is 9.59 Å². The number of aromatic nitrogens is 3. The number of carbonyl (C=O) groups excluding carboxylic acids is 2. The van der Waals surface area contributed by atoms with E-state index in [9.17, 15) is 9.59 Å². The van der Waals surface area contributed by atoms with Crippen LogP contribution in [0, 0.1) is 12.8 Å². The lowest BCUT2D eigenvalue weighted by atomic mass is 9.85. The first kappa shape index (κ1) is 19.2. The predicted octanol–water partition coefficient (Wildman–Crippen LogP) is 2.51. The summed E-state index contributed by atoms with van der Waals surface area (Å²) >= 11 is 0. The van der Waals surface area contributed by atoms with Crippen LogP contribution in [0.3, 0.4) is 0 Å². The molecule has 3 N–H and O–H groups in total. The summed E-state index contributed by atoms with van der Waals surface area (Å²) < 4.78 is 5.15. The molecule has 0 saturated heterocycles. The van der Waals surface area contributed by atoms with Gasteiger partial charge >= 0.3 is 11.8 Å². The van der Waals surface area contributed by atoms with Gasteiger partial charge in [-0.15, -0.1) is 10.2 Å². The van der Waals surface area contributed by atoms with E-state index in [0.717, 1.165) is 37.6 Å². The molecular formula is C21H25N5O3. The molecule has 2 aromatic heterocycles. The zero-order chi connectivity index (χ0) is 20.2. The Kier molecular flexibility index (Phi) is 5.59. The fraction of sp³-hybridized carbons (Fsp3) is 0.429. The van der Waals surface area contributed by atoms with Crippen LogP contribution >= 0.6 is 0 Å². The standard InChI is InChI=1S/C21H25N5O3/c1-13-25-26-21(29-13)20(28)24-16-8-6-14(7-9-16)19(27)22-11-10-15-12-23-18-5-3-2-4-17(15)18/h2-5,12,14,16,23H,6-11H2,1H3,(H,22,27)(H,24,28). The van der Waals surface area contributed by atoms with Crippen LogP contribution in [0.1, 0.15) is 47.8 Å². The second-order valence-corrected chi connectivity index (χ2v) is 7.55. The Hall–Kier alpha value is -3.16. The molecule has 0 radical (unpaired) electrons. The van der Waals surface area contributed by atoms with Crippen LogP contribution in [-0.2, 0) is 11.2 Å². The minimum atomic E-state index is -0.350. The van der Waals surface area contributed by atoms with E-state index in [1.165, 1.54) is 10.9 Å². The quantitative estimate of drug-likeness (QED) is 0.594. The first-order valence-electron chi connectivity index (χ1n) is 10.0. The molecule has 29 heavy (non-hydrogen) atoms. The van der Waals surface area contributed by atoms with Gasteiger partial charge in [0, 0.05) is 42.5 Å². The van der Waals surface area contributed by atoms with Gasteiger partial charge in [-0.1, -0.05) is 18.2 Å². The lowest BCUT2D eigenvalue weighted by Gasteiger charge is -2.28. The van der Waals surface area contributed by atoms with Crippen LogP contribution in [0.15, 0.2) is 34.9 Å². The number of hydrogen-bond donors (Lipinski definition) is 3. The summed E-state index contributed by atoms with van der Waals surface area (Å²) in [7, 11) is 0. The fourth-order valence-corrected chi connectivity index (χ4v) is 3.94. The third-order valence-electron chi connectivity index (χ3n) is 5.52. The summed E-state index contributed by atoms with van der Waals surface area (Å²) in [6.07, 6.45) is 5.85. The first-order chi connectivity index (χ1) is 14.1. The molecule has 152 valence electrons. The van der Waals surface area contributed by atoms with E-state index in [1.54, 1.807) is 6.92 Å². The molecule has 0 bridgehead atoms. The lowest BCUT2D eigenvalue weighted by molar-refractivity contribution is -0.126. The van der Waals surface area contributed by atoms with Crippen molar-refractivity contribution < 1.29 is 14.0 Å². The minimum absolute atomic E-state index is 0.00299.